The number of carboxylic acids is 1. The Morgan fingerprint density at radius 1 is 1.50 bits per heavy atom. The van der Waals surface area contributed by atoms with E-state index in [0.717, 1.165) is 18.7 Å². The van der Waals surface area contributed by atoms with Gasteiger partial charge in [0.2, 0.25) is 5.89 Å². The van der Waals surface area contributed by atoms with E-state index in [9.17, 15) is 4.79 Å². The molecule has 1 heterocycles. The maximum atomic E-state index is 10.6. The highest BCUT2D eigenvalue weighted by atomic mass is 16.4. The quantitative estimate of drug-likeness (QED) is 0.854. The van der Waals surface area contributed by atoms with Crippen molar-refractivity contribution >= 4 is 5.97 Å². The number of aromatic nitrogens is 1. The van der Waals surface area contributed by atoms with Crippen molar-refractivity contribution in [2.24, 2.45) is 0 Å². The molecule has 1 saturated carbocycles. The third-order valence-electron chi connectivity index (χ3n) is 3.43. The molecule has 0 amide bonds. The van der Waals surface area contributed by atoms with E-state index in [4.69, 9.17) is 9.52 Å². The molecule has 4 heteroatoms. The summed E-state index contributed by atoms with van der Waals surface area (Å²) in [6.45, 7) is 3.96. The van der Waals surface area contributed by atoms with Crippen molar-refractivity contribution < 1.29 is 14.3 Å². The number of hydrogen-bond acceptors (Lipinski definition) is 3. The average molecular weight is 223 g/mol. The molecule has 0 unspecified atom stereocenters. The number of aliphatic carboxylic acids is 1. The Bertz CT molecular complexity index is 402. The lowest BCUT2D eigenvalue weighted by Crippen LogP contribution is -2.17. The highest BCUT2D eigenvalue weighted by molar-refractivity contribution is 5.69. The molecule has 4 nitrogen and oxygen atoms in total. The van der Waals surface area contributed by atoms with Crippen molar-refractivity contribution in [3.63, 3.8) is 0 Å². The van der Waals surface area contributed by atoms with E-state index in [-0.39, 0.29) is 11.8 Å². The summed E-state index contributed by atoms with van der Waals surface area (Å²) >= 11 is 0. The molecule has 16 heavy (non-hydrogen) atoms. The second-order valence-electron chi connectivity index (χ2n) is 4.87. The van der Waals surface area contributed by atoms with Crippen molar-refractivity contribution in [1.82, 2.24) is 4.98 Å². The van der Waals surface area contributed by atoms with Gasteiger partial charge in [-0.15, -0.1) is 0 Å². The van der Waals surface area contributed by atoms with Crippen LogP contribution in [0.15, 0.2) is 4.42 Å². The Balaban J connectivity index is 2.26. The highest BCUT2D eigenvalue weighted by Gasteiger charge is 2.35. The summed E-state index contributed by atoms with van der Waals surface area (Å²) in [7, 11) is 0. The van der Waals surface area contributed by atoms with Crippen LogP contribution in [0, 0.1) is 6.92 Å². The first kappa shape index (κ1) is 11.2. The van der Waals surface area contributed by atoms with Crippen LogP contribution in [-0.2, 0) is 16.6 Å². The Labute approximate surface area is 94.7 Å². The van der Waals surface area contributed by atoms with Crippen LogP contribution in [0.25, 0.3) is 0 Å². The van der Waals surface area contributed by atoms with Gasteiger partial charge in [0.05, 0.1) is 5.69 Å². The summed E-state index contributed by atoms with van der Waals surface area (Å²) in [6, 6.07) is 0. The lowest BCUT2D eigenvalue weighted by Gasteiger charge is -2.18. The highest BCUT2D eigenvalue weighted by Crippen LogP contribution is 2.40. The maximum absolute atomic E-state index is 10.6. The summed E-state index contributed by atoms with van der Waals surface area (Å²) in [4.78, 5) is 15.0. The molecular formula is C12H17NO3. The van der Waals surface area contributed by atoms with Gasteiger partial charge >= 0.3 is 5.97 Å². The predicted molar refractivity (Wildman–Crippen MR) is 58.4 cm³/mol. The minimum Gasteiger partial charge on any atom is -0.481 e. The molecule has 1 aliphatic rings. The van der Waals surface area contributed by atoms with E-state index in [1.165, 1.54) is 12.8 Å². The van der Waals surface area contributed by atoms with E-state index >= 15 is 0 Å². The Hall–Kier alpha value is -1.32. The van der Waals surface area contributed by atoms with E-state index in [0.29, 0.717) is 11.5 Å². The van der Waals surface area contributed by atoms with Crippen molar-refractivity contribution in [3.8, 4) is 0 Å². The predicted octanol–water partition coefficient (Wildman–Crippen LogP) is 2.44. The van der Waals surface area contributed by atoms with Gasteiger partial charge < -0.3 is 9.52 Å². The molecular weight excluding hydrogens is 206 g/mol. The maximum Gasteiger partial charge on any atom is 0.311 e. The first-order valence-electron chi connectivity index (χ1n) is 5.70. The number of carbonyl (C=O) groups is 1. The number of carboxylic acid groups (broad SMARTS) is 1. The van der Waals surface area contributed by atoms with Crippen LogP contribution in [0.3, 0.4) is 0 Å². The SMILES string of the molecule is Cc1nc(C2(C)CCCC2)oc1CC(=O)O. The van der Waals surface area contributed by atoms with Gasteiger partial charge in [0.1, 0.15) is 12.2 Å². The first-order chi connectivity index (χ1) is 7.51. The number of aryl methyl sites for hydroxylation is 1. The Kier molecular flexibility index (Phi) is 2.74. The van der Waals surface area contributed by atoms with Gasteiger partial charge in [-0.05, 0) is 19.8 Å². The third-order valence-corrected chi connectivity index (χ3v) is 3.43. The van der Waals surface area contributed by atoms with Crippen LogP contribution in [0.1, 0.15) is 50.0 Å². The van der Waals surface area contributed by atoms with Crippen molar-refractivity contribution in [1.29, 1.82) is 0 Å². The topological polar surface area (TPSA) is 63.3 Å². The van der Waals surface area contributed by atoms with Gasteiger partial charge in [-0.1, -0.05) is 19.8 Å². The molecule has 0 atom stereocenters. The number of hydrogen-bond donors (Lipinski definition) is 1. The monoisotopic (exact) mass is 223 g/mol. The number of rotatable bonds is 3. The van der Waals surface area contributed by atoms with Gasteiger partial charge in [0, 0.05) is 5.41 Å². The molecule has 0 saturated heterocycles. The van der Waals surface area contributed by atoms with Crippen molar-refractivity contribution in [2.75, 3.05) is 0 Å². The van der Waals surface area contributed by atoms with Crippen LogP contribution >= 0.6 is 0 Å². The molecule has 1 aliphatic carbocycles. The van der Waals surface area contributed by atoms with Gasteiger partial charge in [-0.3, -0.25) is 4.79 Å². The van der Waals surface area contributed by atoms with Crippen LogP contribution in [0.2, 0.25) is 0 Å². The lowest BCUT2D eigenvalue weighted by atomic mass is 9.89. The molecule has 0 aliphatic heterocycles. The molecule has 0 aromatic carbocycles. The summed E-state index contributed by atoms with van der Waals surface area (Å²) in [5, 5.41) is 8.74. The summed E-state index contributed by atoms with van der Waals surface area (Å²) in [5.41, 5.74) is 0.729. The average Bonchev–Trinajstić information content (AvgIpc) is 2.75. The second kappa shape index (κ2) is 3.92. The zero-order valence-electron chi connectivity index (χ0n) is 9.75. The zero-order chi connectivity index (χ0) is 11.8. The number of nitrogens with zero attached hydrogens (tertiary/aromatic N) is 1. The first-order valence-corrected chi connectivity index (χ1v) is 5.70. The fourth-order valence-corrected chi connectivity index (χ4v) is 2.36. The third kappa shape index (κ3) is 1.96. The van der Waals surface area contributed by atoms with Gasteiger partial charge in [-0.2, -0.15) is 0 Å². The normalized spacial score (nSPS) is 18.9. The van der Waals surface area contributed by atoms with Crippen LogP contribution in [-0.4, -0.2) is 16.1 Å². The summed E-state index contributed by atoms with van der Waals surface area (Å²) in [6.07, 6.45) is 4.49. The number of oxazole rings is 1. The summed E-state index contributed by atoms with van der Waals surface area (Å²) in [5.74, 6) is 0.344. The molecule has 2 rings (SSSR count). The van der Waals surface area contributed by atoms with Crippen molar-refractivity contribution in [2.45, 2.75) is 51.4 Å². The van der Waals surface area contributed by atoms with Crippen LogP contribution in [0.5, 0.6) is 0 Å². The molecule has 1 aromatic rings. The van der Waals surface area contributed by atoms with E-state index in [2.05, 4.69) is 11.9 Å². The standard InChI is InChI=1S/C12H17NO3/c1-8-9(7-10(14)15)16-11(13-8)12(2)5-3-4-6-12/h3-7H2,1-2H3,(H,14,15). The molecule has 0 radical (unpaired) electrons. The van der Waals surface area contributed by atoms with Crippen LogP contribution in [0.4, 0.5) is 0 Å². The zero-order valence-corrected chi connectivity index (χ0v) is 9.75. The Morgan fingerprint density at radius 3 is 2.69 bits per heavy atom. The lowest BCUT2D eigenvalue weighted by molar-refractivity contribution is -0.136. The minimum absolute atomic E-state index is 0.0154. The second-order valence-corrected chi connectivity index (χ2v) is 4.87. The van der Waals surface area contributed by atoms with Gasteiger partial charge in [-0.25, -0.2) is 4.98 Å². The fraction of sp³-hybridized carbons (Fsp3) is 0.667. The van der Waals surface area contributed by atoms with Crippen molar-refractivity contribution in [3.05, 3.63) is 17.3 Å². The minimum atomic E-state index is -0.873. The van der Waals surface area contributed by atoms with Gasteiger partial charge in [0.25, 0.3) is 0 Å². The molecule has 1 aromatic heterocycles. The van der Waals surface area contributed by atoms with E-state index < -0.39 is 5.97 Å². The fourth-order valence-electron chi connectivity index (χ4n) is 2.36. The molecule has 1 fully saturated rings. The molecule has 1 N–H and O–H groups in total. The molecule has 0 bridgehead atoms. The Morgan fingerprint density at radius 2 is 2.12 bits per heavy atom. The molecule has 0 spiro atoms. The smallest absolute Gasteiger partial charge is 0.311 e. The van der Waals surface area contributed by atoms with Crippen LogP contribution < -0.4 is 0 Å². The van der Waals surface area contributed by atoms with E-state index in [1.807, 2.05) is 6.92 Å². The summed E-state index contributed by atoms with van der Waals surface area (Å²) < 4.78 is 5.62. The van der Waals surface area contributed by atoms with Gasteiger partial charge in [0.15, 0.2) is 0 Å². The largest absolute Gasteiger partial charge is 0.481 e. The molecule has 88 valence electrons. The van der Waals surface area contributed by atoms with E-state index in [1.54, 1.807) is 0 Å².